The van der Waals surface area contributed by atoms with Crippen LogP contribution in [0.1, 0.15) is 25.1 Å². The normalized spacial score (nSPS) is 11.0. The summed E-state index contributed by atoms with van der Waals surface area (Å²) < 4.78 is 42.1. The van der Waals surface area contributed by atoms with Crippen LogP contribution < -0.4 is 5.32 Å². The van der Waals surface area contributed by atoms with Crippen molar-refractivity contribution in [2.24, 2.45) is 5.92 Å². The maximum Gasteiger partial charge on any atom is 0.322 e. The number of rotatable bonds is 7. The fourth-order valence-corrected chi connectivity index (χ4v) is 3.21. The molecule has 1 N–H and O–H groups in total. The number of carbonyl (C=O) groups excluding carboxylic acids is 1. The molecule has 0 unspecified atom stereocenters. The number of benzene rings is 2. The summed E-state index contributed by atoms with van der Waals surface area (Å²) >= 11 is 0. The average Bonchev–Trinajstić information content (AvgIpc) is 3.10. The zero-order valence-corrected chi connectivity index (χ0v) is 16.9. The van der Waals surface area contributed by atoms with Gasteiger partial charge in [0.15, 0.2) is 11.6 Å². The Morgan fingerprint density at radius 1 is 1.03 bits per heavy atom. The molecule has 1 aromatic heterocycles. The summed E-state index contributed by atoms with van der Waals surface area (Å²) in [4.78, 5) is 14.4. The second kappa shape index (κ2) is 9.52. The molecule has 0 aliphatic carbocycles. The largest absolute Gasteiger partial charge is 0.345 e. The molecule has 0 saturated carbocycles. The van der Waals surface area contributed by atoms with E-state index >= 15 is 0 Å². The number of nitrogens with one attached hydrogen (secondary N) is 1. The third-order valence-corrected chi connectivity index (χ3v) is 4.56. The lowest BCUT2D eigenvalue weighted by atomic mass is 10.2. The number of anilines is 1. The minimum atomic E-state index is -1.02. The molecule has 0 fully saturated rings. The zero-order valence-electron chi connectivity index (χ0n) is 16.9. The van der Waals surface area contributed by atoms with E-state index in [2.05, 4.69) is 5.32 Å². The standard InChI is InChI=1S/C23H24F3N3O/c1-16(2)13-29(23(30)27-19-8-9-21(25)22(26)12-19)15-20-7-4-10-28(20)14-17-5-3-6-18(24)11-17/h3-12,16H,13-15H2,1-2H3,(H,27,30). The summed E-state index contributed by atoms with van der Waals surface area (Å²) in [5, 5.41) is 2.63. The summed E-state index contributed by atoms with van der Waals surface area (Å²) in [6.45, 7) is 5.24. The Morgan fingerprint density at radius 2 is 1.83 bits per heavy atom. The van der Waals surface area contributed by atoms with E-state index in [4.69, 9.17) is 0 Å². The van der Waals surface area contributed by atoms with Crippen molar-refractivity contribution in [1.29, 1.82) is 0 Å². The molecule has 2 aromatic carbocycles. The molecule has 3 aromatic rings. The molecule has 2 amide bonds. The van der Waals surface area contributed by atoms with Crippen LogP contribution in [0, 0.1) is 23.4 Å². The first-order chi connectivity index (χ1) is 14.3. The van der Waals surface area contributed by atoms with E-state index < -0.39 is 17.7 Å². The Labute approximate surface area is 173 Å². The molecule has 1 heterocycles. The highest BCUT2D eigenvalue weighted by atomic mass is 19.2. The lowest BCUT2D eigenvalue weighted by molar-refractivity contribution is 0.200. The van der Waals surface area contributed by atoms with Gasteiger partial charge in [-0.05, 0) is 47.9 Å². The van der Waals surface area contributed by atoms with Crippen LogP contribution >= 0.6 is 0 Å². The summed E-state index contributed by atoms with van der Waals surface area (Å²) in [5.74, 6) is -2.09. The summed E-state index contributed by atoms with van der Waals surface area (Å²) in [6.07, 6.45) is 1.88. The Kier molecular flexibility index (Phi) is 6.82. The fraction of sp³-hybridized carbons (Fsp3) is 0.261. The molecule has 0 aliphatic heterocycles. The number of halogens is 3. The van der Waals surface area contributed by atoms with Crippen LogP contribution in [-0.4, -0.2) is 22.0 Å². The molecule has 7 heteroatoms. The van der Waals surface area contributed by atoms with E-state index in [0.29, 0.717) is 19.6 Å². The van der Waals surface area contributed by atoms with Gasteiger partial charge in [-0.15, -0.1) is 0 Å². The number of urea groups is 1. The minimum Gasteiger partial charge on any atom is -0.345 e. The van der Waals surface area contributed by atoms with Crippen LogP contribution in [0.15, 0.2) is 60.8 Å². The van der Waals surface area contributed by atoms with Crippen molar-refractivity contribution < 1.29 is 18.0 Å². The molecule has 0 aliphatic rings. The van der Waals surface area contributed by atoms with Crippen molar-refractivity contribution in [1.82, 2.24) is 9.47 Å². The van der Waals surface area contributed by atoms with Crippen molar-refractivity contribution in [3.05, 3.63) is 89.5 Å². The Balaban J connectivity index is 1.75. The quantitative estimate of drug-likeness (QED) is 0.532. The number of amides is 2. The maximum absolute atomic E-state index is 13.5. The first-order valence-electron chi connectivity index (χ1n) is 9.71. The van der Waals surface area contributed by atoms with E-state index in [-0.39, 0.29) is 17.4 Å². The number of hydrogen-bond donors (Lipinski definition) is 1. The molecule has 30 heavy (non-hydrogen) atoms. The van der Waals surface area contributed by atoms with Gasteiger partial charge in [-0.1, -0.05) is 26.0 Å². The fourth-order valence-electron chi connectivity index (χ4n) is 3.21. The van der Waals surface area contributed by atoms with Gasteiger partial charge in [-0.25, -0.2) is 18.0 Å². The highest BCUT2D eigenvalue weighted by Crippen LogP contribution is 2.17. The van der Waals surface area contributed by atoms with Crippen LogP contribution in [0.2, 0.25) is 0 Å². The van der Waals surface area contributed by atoms with Crippen LogP contribution in [0.3, 0.4) is 0 Å². The number of nitrogens with zero attached hydrogens (tertiary/aromatic N) is 2. The summed E-state index contributed by atoms with van der Waals surface area (Å²) in [5.41, 5.74) is 1.87. The SMILES string of the molecule is CC(C)CN(Cc1cccn1Cc1cccc(F)c1)C(=O)Nc1ccc(F)c(F)c1. The van der Waals surface area contributed by atoms with Crippen molar-refractivity contribution >= 4 is 11.7 Å². The van der Waals surface area contributed by atoms with Crippen molar-refractivity contribution in [3.63, 3.8) is 0 Å². The van der Waals surface area contributed by atoms with E-state index in [1.54, 1.807) is 11.0 Å². The summed E-state index contributed by atoms with van der Waals surface area (Å²) in [6, 6.07) is 13.0. The van der Waals surface area contributed by atoms with Crippen LogP contribution in [0.4, 0.5) is 23.7 Å². The van der Waals surface area contributed by atoms with Crippen LogP contribution in [0.5, 0.6) is 0 Å². The van der Waals surface area contributed by atoms with E-state index in [1.807, 2.05) is 42.8 Å². The lowest BCUT2D eigenvalue weighted by Gasteiger charge is -2.26. The molecular formula is C23H24F3N3O. The van der Waals surface area contributed by atoms with E-state index in [0.717, 1.165) is 23.4 Å². The second-order valence-electron chi connectivity index (χ2n) is 7.59. The third-order valence-electron chi connectivity index (χ3n) is 4.56. The molecule has 0 spiro atoms. The zero-order chi connectivity index (χ0) is 21.7. The highest BCUT2D eigenvalue weighted by molar-refractivity contribution is 5.89. The summed E-state index contributed by atoms with van der Waals surface area (Å²) in [7, 11) is 0. The van der Waals surface area contributed by atoms with Gasteiger partial charge in [0, 0.05) is 36.7 Å². The lowest BCUT2D eigenvalue weighted by Crippen LogP contribution is -2.37. The molecule has 0 bridgehead atoms. The van der Waals surface area contributed by atoms with Gasteiger partial charge < -0.3 is 14.8 Å². The maximum atomic E-state index is 13.5. The minimum absolute atomic E-state index is 0.183. The Bertz CT molecular complexity index is 1020. The smallest absolute Gasteiger partial charge is 0.322 e. The molecule has 3 rings (SSSR count). The molecular weight excluding hydrogens is 391 g/mol. The average molecular weight is 415 g/mol. The molecule has 0 radical (unpaired) electrons. The van der Waals surface area contributed by atoms with Gasteiger partial charge in [0.1, 0.15) is 5.82 Å². The predicted molar refractivity (Wildman–Crippen MR) is 111 cm³/mol. The third kappa shape index (κ3) is 5.65. The van der Waals surface area contributed by atoms with Gasteiger partial charge in [0.25, 0.3) is 0 Å². The monoisotopic (exact) mass is 415 g/mol. The van der Waals surface area contributed by atoms with Crippen LogP contribution in [-0.2, 0) is 13.1 Å². The van der Waals surface area contributed by atoms with Crippen LogP contribution in [0.25, 0.3) is 0 Å². The Hall–Kier alpha value is -3.22. The van der Waals surface area contributed by atoms with Crippen molar-refractivity contribution in [2.45, 2.75) is 26.9 Å². The first kappa shape index (κ1) is 21.5. The number of carbonyl (C=O) groups is 1. The Morgan fingerprint density at radius 3 is 2.53 bits per heavy atom. The van der Waals surface area contributed by atoms with Crippen molar-refractivity contribution in [2.75, 3.05) is 11.9 Å². The molecule has 0 atom stereocenters. The van der Waals surface area contributed by atoms with E-state index in [9.17, 15) is 18.0 Å². The number of hydrogen-bond acceptors (Lipinski definition) is 1. The van der Waals surface area contributed by atoms with Crippen molar-refractivity contribution in [3.8, 4) is 0 Å². The molecule has 158 valence electrons. The van der Waals surface area contributed by atoms with Gasteiger partial charge in [-0.2, -0.15) is 0 Å². The second-order valence-corrected chi connectivity index (χ2v) is 7.59. The topological polar surface area (TPSA) is 37.3 Å². The predicted octanol–water partition coefficient (Wildman–Crippen LogP) is 5.64. The number of aromatic nitrogens is 1. The highest BCUT2D eigenvalue weighted by Gasteiger charge is 2.18. The van der Waals surface area contributed by atoms with Gasteiger partial charge in [0.05, 0.1) is 6.54 Å². The molecule has 0 saturated heterocycles. The first-order valence-corrected chi connectivity index (χ1v) is 9.71. The van der Waals surface area contributed by atoms with Gasteiger partial charge in [-0.3, -0.25) is 0 Å². The van der Waals surface area contributed by atoms with E-state index in [1.165, 1.54) is 18.2 Å². The van der Waals surface area contributed by atoms with Gasteiger partial charge >= 0.3 is 6.03 Å². The molecule has 4 nitrogen and oxygen atoms in total. The van der Waals surface area contributed by atoms with Gasteiger partial charge in [0.2, 0.25) is 0 Å².